The van der Waals surface area contributed by atoms with E-state index in [0.717, 1.165) is 18.2 Å². The van der Waals surface area contributed by atoms with Crippen LogP contribution in [0.3, 0.4) is 0 Å². The highest BCUT2D eigenvalue weighted by atomic mass is 32.2. The van der Waals surface area contributed by atoms with Crippen molar-refractivity contribution in [2.45, 2.75) is 18.7 Å². The number of esters is 1. The zero-order valence-corrected chi connectivity index (χ0v) is 17.0. The Kier molecular flexibility index (Phi) is 7.81. The molecule has 0 saturated heterocycles. The molecule has 0 heterocycles. The van der Waals surface area contributed by atoms with Gasteiger partial charge in [-0.3, -0.25) is 4.79 Å². The summed E-state index contributed by atoms with van der Waals surface area (Å²) in [6.45, 7) is 3.83. The Morgan fingerprint density at radius 1 is 1.00 bits per heavy atom. The van der Waals surface area contributed by atoms with Crippen molar-refractivity contribution in [2.24, 2.45) is 0 Å². The monoisotopic (exact) mass is 419 g/mol. The van der Waals surface area contributed by atoms with Gasteiger partial charge in [-0.15, -0.1) is 0 Å². The Morgan fingerprint density at radius 3 is 2.14 bits per heavy atom. The quantitative estimate of drug-likeness (QED) is 0.354. The number of sulfonamides is 1. The average Bonchev–Trinajstić information content (AvgIpc) is 2.72. The number of carbonyl (C=O) groups is 2. The van der Waals surface area contributed by atoms with Crippen molar-refractivity contribution in [2.75, 3.05) is 19.7 Å². The van der Waals surface area contributed by atoms with Gasteiger partial charge in [0.15, 0.2) is 12.4 Å². The van der Waals surface area contributed by atoms with Crippen LogP contribution in [0.25, 0.3) is 6.08 Å². The average molecular weight is 419 g/mol. The van der Waals surface area contributed by atoms with Crippen LogP contribution in [0, 0.1) is 5.82 Å². The Hall–Kier alpha value is -2.84. The van der Waals surface area contributed by atoms with E-state index in [0.29, 0.717) is 18.7 Å². The predicted molar refractivity (Wildman–Crippen MR) is 107 cm³/mol. The lowest BCUT2D eigenvalue weighted by atomic mass is 10.1. The summed E-state index contributed by atoms with van der Waals surface area (Å²) in [7, 11) is -3.54. The lowest BCUT2D eigenvalue weighted by molar-refractivity contribution is -0.136. The van der Waals surface area contributed by atoms with E-state index in [9.17, 15) is 22.4 Å². The van der Waals surface area contributed by atoms with Gasteiger partial charge >= 0.3 is 5.97 Å². The maximum atomic E-state index is 12.9. The van der Waals surface area contributed by atoms with Crippen LogP contribution in [0.15, 0.2) is 59.5 Å². The summed E-state index contributed by atoms with van der Waals surface area (Å²) in [5.74, 6) is -1.63. The first-order chi connectivity index (χ1) is 13.8. The van der Waals surface area contributed by atoms with Crippen LogP contribution in [-0.2, 0) is 19.6 Å². The van der Waals surface area contributed by atoms with Crippen LogP contribution in [0.4, 0.5) is 4.39 Å². The number of halogens is 1. The number of nitrogens with zero attached hydrogens (tertiary/aromatic N) is 1. The van der Waals surface area contributed by atoms with E-state index >= 15 is 0 Å². The SMILES string of the molecule is CCN(CC)S(=O)(=O)c1ccc(/C=C/C(=O)OCC(=O)c2ccc(F)cc2)cc1. The molecule has 0 atom stereocenters. The molecule has 0 saturated carbocycles. The fourth-order valence-electron chi connectivity index (χ4n) is 2.53. The van der Waals surface area contributed by atoms with Gasteiger partial charge in [0.05, 0.1) is 4.90 Å². The zero-order chi connectivity index (χ0) is 21.4. The van der Waals surface area contributed by atoms with Crippen LogP contribution in [0.5, 0.6) is 0 Å². The van der Waals surface area contributed by atoms with Gasteiger partial charge in [0.25, 0.3) is 0 Å². The maximum Gasteiger partial charge on any atom is 0.331 e. The molecule has 2 rings (SSSR count). The fraction of sp³-hybridized carbons (Fsp3) is 0.238. The van der Waals surface area contributed by atoms with Crippen molar-refractivity contribution in [3.63, 3.8) is 0 Å². The highest BCUT2D eigenvalue weighted by Crippen LogP contribution is 2.16. The summed E-state index contributed by atoms with van der Waals surface area (Å²) < 4.78 is 44.0. The first-order valence-electron chi connectivity index (χ1n) is 9.01. The fourth-order valence-corrected chi connectivity index (χ4v) is 3.99. The Labute approximate surface area is 169 Å². The second kappa shape index (κ2) is 10.1. The highest BCUT2D eigenvalue weighted by Gasteiger charge is 2.20. The van der Waals surface area contributed by atoms with Gasteiger partial charge in [0.1, 0.15) is 5.82 Å². The van der Waals surface area contributed by atoms with E-state index in [1.54, 1.807) is 26.0 Å². The number of benzene rings is 2. The number of ether oxygens (including phenoxy) is 1. The van der Waals surface area contributed by atoms with Gasteiger partial charge in [-0.1, -0.05) is 26.0 Å². The molecule has 6 nitrogen and oxygen atoms in total. The highest BCUT2D eigenvalue weighted by molar-refractivity contribution is 7.89. The Morgan fingerprint density at radius 2 is 1.59 bits per heavy atom. The molecule has 2 aromatic rings. The van der Waals surface area contributed by atoms with Gasteiger partial charge in [-0.2, -0.15) is 4.31 Å². The summed E-state index contributed by atoms with van der Waals surface area (Å²) in [6.07, 6.45) is 2.60. The van der Waals surface area contributed by atoms with E-state index in [4.69, 9.17) is 4.74 Å². The zero-order valence-electron chi connectivity index (χ0n) is 16.2. The molecule has 0 N–H and O–H groups in total. The summed E-state index contributed by atoms with van der Waals surface area (Å²) in [4.78, 5) is 23.8. The van der Waals surface area contributed by atoms with E-state index in [1.165, 1.54) is 34.6 Å². The smallest absolute Gasteiger partial charge is 0.331 e. The van der Waals surface area contributed by atoms with Crippen LogP contribution < -0.4 is 0 Å². The number of ketones is 1. The van der Waals surface area contributed by atoms with E-state index in [2.05, 4.69) is 0 Å². The molecular formula is C21H22FNO5S. The molecule has 0 aliphatic heterocycles. The standard InChI is InChI=1S/C21H22FNO5S/c1-3-23(4-2)29(26,27)19-12-5-16(6-13-19)7-14-21(25)28-15-20(24)17-8-10-18(22)11-9-17/h5-14H,3-4,15H2,1-2H3/b14-7+. The lowest BCUT2D eigenvalue weighted by Gasteiger charge is -2.18. The van der Waals surface area contributed by atoms with E-state index in [-0.39, 0.29) is 10.5 Å². The summed E-state index contributed by atoms with van der Waals surface area (Å²) >= 11 is 0. The van der Waals surface area contributed by atoms with Crippen molar-refractivity contribution >= 4 is 27.9 Å². The third-order valence-corrected chi connectivity index (χ3v) is 6.21. The maximum absolute atomic E-state index is 12.9. The Balaban J connectivity index is 1.94. The molecule has 0 spiro atoms. The molecule has 0 aromatic heterocycles. The van der Waals surface area contributed by atoms with Crippen LogP contribution >= 0.6 is 0 Å². The number of carbonyl (C=O) groups excluding carboxylic acids is 2. The molecular weight excluding hydrogens is 397 g/mol. The first kappa shape index (κ1) is 22.4. The minimum Gasteiger partial charge on any atom is -0.454 e. The van der Waals surface area contributed by atoms with Gasteiger partial charge in [-0.25, -0.2) is 17.6 Å². The third-order valence-electron chi connectivity index (χ3n) is 4.15. The van der Waals surface area contributed by atoms with E-state index in [1.807, 2.05) is 0 Å². The Bertz CT molecular complexity index is 979. The van der Waals surface area contributed by atoms with E-state index < -0.39 is 34.2 Å². The van der Waals surface area contributed by atoms with Gasteiger partial charge in [0.2, 0.25) is 10.0 Å². The summed E-state index contributed by atoms with van der Waals surface area (Å²) in [6, 6.07) is 11.0. The van der Waals surface area contributed by atoms with Crippen molar-refractivity contribution in [1.29, 1.82) is 0 Å². The molecule has 0 amide bonds. The van der Waals surface area contributed by atoms with Crippen LogP contribution in [-0.4, -0.2) is 44.2 Å². The first-order valence-corrected chi connectivity index (χ1v) is 10.5. The molecule has 2 aromatic carbocycles. The second-order valence-electron chi connectivity index (χ2n) is 6.03. The normalized spacial score (nSPS) is 11.7. The second-order valence-corrected chi connectivity index (χ2v) is 7.97. The number of hydrogen-bond acceptors (Lipinski definition) is 5. The summed E-state index contributed by atoms with van der Waals surface area (Å²) in [5, 5.41) is 0. The molecule has 29 heavy (non-hydrogen) atoms. The van der Waals surface area contributed by atoms with Crippen molar-refractivity contribution in [3.8, 4) is 0 Å². The molecule has 154 valence electrons. The van der Waals surface area contributed by atoms with Gasteiger partial charge in [0, 0.05) is 24.7 Å². The molecule has 8 heteroatoms. The van der Waals surface area contributed by atoms with Crippen molar-refractivity contribution < 1.29 is 27.1 Å². The summed E-state index contributed by atoms with van der Waals surface area (Å²) in [5.41, 5.74) is 0.846. The van der Waals surface area contributed by atoms with Crippen LogP contribution in [0.1, 0.15) is 29.8 Å². The molecule has 0 aliphatic rings. The molecule has 0 bridgehead atoms. The third kappa shape index (κ3) is 6.07. The molecule has 0 aliphatic carbocycles. The lowest BCUT2D eigenvalue weighted by Crippen LogP contribution is -2.30. The largest absolute Gasteiger partial charge is 0.454 e. The van der Waals surface area contributed by atoms with Gasteiger partial charge < -0.3 is 4.74 Å². The predicted octanol–water partition coefficient (Wildman–Crippen LogP) is 3.30. The molecule has 0 unspecified atom stereocenters. The topological polar surface area (TPSA) is 80.8 Å². The minimum absolute atomic E-state index is 0.172. The minimum atomic E-state index is -3.54. The van der Waals surface area contributed by atoms with Gasteiger partial charge in [-0.05, 0) is 48.0 Å². The van der Waals surface area contributed by atoms with Crippen LogP contribution in [0.2, 0.25) is 0 Å². The molecule has 0 fully saturated rings. The number of hydrogen-bond donors (Lipinski definition) is 0. The van der Waals surface area contributed by atoms with Crippen molar-refractivity contribution in [3.05, 3.63) is 71.6 Å². The molecule has 0 radical (unpaired) electrons. The number of rotatable bonds is 9. The van der Waals surface area contributed by atoms with Crippen molar-refractivity contribution in [1.82, 2.24) is 4.31 Å². The number of Topliss-reactive ketones (excluding diaryl/α,β-unsaturated/α-hetero) is 1.